The van der Waals surface area contributed by atoms with Gasteiger partial charge in [-0.1, -0.05) is 43.2 Å². The largest absolute Gasteiger partial charge is 0.480 e. The Hall–Kier alpha value is -2.78. The van der Waals surface area contributed by atoms with E-state index in [1.807, 2.05) is 6.07 Å². The lowest BCUT2D eigenvalue weighted by Crippen LogP contribution is -2.62. The number of hydrogen-bond acceptors (Lipinski definition) is 7. The molecule has 0 spiro atoms. The highest BCUT2D eigenvalue weighted by Crippen LogP contribution is 2.51. The van der Waals surface area contributed by atoms with Gasteiger partial charge in [-0.15, -0.1) is 0 Å². The first-order valence-corrected chi connectivity index (χ1v) is 11.1. The van der Waals surface area contributed by atoms with Crippen molar-refractivity contribution in [2.45, 2.75) is 69.2 Å². The molecule has 1 saturated carbocycles. The molecule has 3 rings (SSSR count). The lowest BCUT2D eigenvalue weighted by atomic mass is 9.83. The van der Waals surface area contributed by atoms with E-state index >= 15 is 0 Å². The Morgan fingerprint density at radius 2 is 1.91 bits per heavy atom. The standard InChI is InChI=1S/C23H31N3O6/c24-12-5-4-10-17(25)20(28)26-18(21(29)30)13-16-9-6-11-23(16,26)19(27)22(31)32-14-15-7-2-1-3-8-15/h1-3,7-8,16-18H,4-6,9-14,24-25H2,(H,29,30)/t16-,17?,18-,23-/m0/s1. The minimum atomic E-state index is -1.51. The molecule has 1 unspecified atom stereocenters. The summed E-state index contributed by atoms with van der Waals surface area (Å²) in [6.07, 6.45) is 3.14. The molecule has 2 aliphatic rings. The van der Waals surface area contributed by atoms with Crippen molar-refractivity contribution in [1.29, 1.82) is 0 Å². The summed E-state index contributed by atoms with van der Waals surface area (Å²) in [4.78, 5) is 52.6. The minimum Gasteiger partial charge on any atom is -0.480 e. The molecular formula is C23H31N3O6. The number of ketones is 1. The highest BCUT2D eigenvalue weighted by Gasteiger charge is 2.65. The fourth-order valence-corrected chi connectivity index (χ4v) is 5.09. The smallest absolute Gasteiger partial charge is 0.377 e. The van der Waals surface area contributed by atoms with E-state index < -0.39 is 47.2 Å². The maximum absolute atomic E-state index is 13.4. The van der Waals surface area contributed by atoms with Gasteiger partial charge in [0.15, 0.2) is 0 Å². The van der Waals surface area contributed by atoms with Gasteiger partial charge in [-0.2, -0.15) is 0 Å². The zero-order valence-electron chi connectivity index (χ0n) is 18.1. The summed E-state index contributed by atoms with van der Waals surface area (Å²) in [5.41, 5.74) is 10.8. The van der Waals surface area contributed by atoms with Gasteiger partial charge in [0.05, 0.1) is 6.04 Å². The van der Waals surface area contributed by atoms with Crippen LogP contribution in [-0.4, -0.2) is 57.8 Å². The average molecular weight is 446 g/mol. The Bertz CT molecular complexity index is 861. The van der Waals surface area contributed by atoms with Gasteiger partial charge >= 0.3 is 11.9 Å². The van der Waals surface area contributed by atoms with Crippen molar-refractivity contribution in [1.82, 2.24) is 4.90 Å². The van der Waals surface area contributed by atoms with Gasteiger partial charge in [0.1, 0.15) is 18.2 Å². The maximum Gasteiger partial charge on any atom is 0.377 e. The van der Waals surface area contributed by atoms with E-state index in [-0.39, 0.29) is 19.4 Å². The highest BCUT2D eigenvalue weighted by atomic mass is 16.5. The molecule has 1 heterocycles. The van der Waals surface area contributed by atoms with Crippen LogP contribution < -0.4 is 11.5 Å². The summed E-state index contributed by atoms with van der Waals surface area (Å²) in [6.45, 7) is 0.376. The van der Waals surface area contributed by atoms with E-state index in [4.69, 9.17) is 16.2 Å². The third-order valence-electron chi connectivity index (χ3n) is 6.64. The summed E-state index contributed by atoms with van der Waals surface area (Å²) < 4.78 is 5.25. The van der Waals surface area contributed by atoms with E-state index in [1.54, 1.807) is 24.3 Å². The van der Waals surface area contributed by atoms with Gasteiger partial charge in [-0.05, 0) is 50.1 Å². The van der Waals surface area contributed by atoms with E-state index in [1.165, 1.54) is 0 Å². The van der Waals surface area contributed by atoms with Crippen LogP contribution in [0.1, 0.15) is 50.5 Å². The Balaban J connectivity index is 1.85. The SMILES string of the molecule is NCCCCC(N)C(=O)N1[C@H](C(=O)O)C[C@@H]2CCC[C@@]21C(=O)C(=O)OCc1ccccc1. The number of carbonyl (C=O) groups excluding carboxylic acids is 3. The maximum atomic E-state index is 13.4. The molecule has 1 aromatic carbocycles. The lowest BCUT2D eigenvalue weighted by Gasteiger charge is -2.39. The first kappa shape index (κ1) is 23.9. The molecule has 9 heteroatoms. The van der Waals surface area contributed by atoms with E-state index in [0.29, 0.717) is 38.6 Å². The molecule has 0 bridgehead atoms. The van der Waals surface area contributed by atoms with Gasteiger partial charge in [0.25, 0.3) is 5.78 Å². The van der Waals surface area contributed by atoms with Crippen LogP contribution in [0.3, 0.4) is 0 Å². The normalized spacial score (nSPS) is 25.2. The minimum absolute atomic E-state index is 0.0823. The van der Waals surface area contributed by atoms with Crippen molar-refractivity contribution < 1.29 is 29.0 Å². The number of aliphatic carboxylic acids is 1. The van der Waals surface area contributed by atoms with Crippen LogP contribution in [0.5, 0.6) is 0 Å². The van der Waals surface area contributed by atoms with E-state index in [9.17, 15) is 24.3 Å². The topological polar surface area (TPSA) is 153 Å². The first-order valence-electron chi connectivity index (χ1n) is 11.1. The molecule has 1 amide bonds. The summed E-state index contributed by atoms with van der Waals surface area (Å²) in [6, 6.07) is 6.77. The number of carbonyl (C=O) groups is 4. The van der Waals surface area contributed by atoms with Gasteiger partial charge < -0.3 is 26.2 Å². The summed E-state index contributed by atoms with van der Waals surface area (Å²) in [5, 5.41) is 9.79. The molecule has 9 nitrogen and oxygen atoms in total. The van der Waals surface area contributed by atoms with Crippen LogP contribution in [0.2, 0.25) is 0 Å². The number of hydrogen-bond donors (Lipinski definition) is 3. The average Bonchev–Trinajstić information content (AvgIpc) is 3.34. The number of ether oxygens (including phenoxy) is 1. The number of fused-ring (bicyclic) bond motifs is 1. The predicted molar refractivity (Wildman–Crippen MR) is 115 cm³/mol. The van der Waals surface area contributed by atoms with Crippen molar-refractivity contribution in [2.75, 3.05) is 6.54 Å². The second-order valence-electron chi connectivity index (χ2n) is 8.59. The molecule has 4 atom stereocenters. The molecule has 1 aliphatic carbocycles. The first-order chi connectivity index (χ1) is 15.3. The number of likely N-dealkylation sites (tertiary alicyclic amines) is 1. The second-order valence-corrected chi connectivity index (χ2v) is 8.59. The number of esters is 1. The molecule has 0 radical (unpaired) electrons. The highest BCUT2D eigenvalue weighted by molar-refractivity contribution is 6.38. The van der Waals surface area contributed by atoms with Crippen molar-refractivity contribution in [2.24, 2.45) is 17.4 Å². The Morgan fingerprint density at radius 1 is 1.19 bits per heavy atom. The third kappa shape index (κ3) is 4.54. The van der Waals surface area contributed by atoms with Crippen molar-refractivity contribution in [3.8, 4) is 0 Å². The zero-order chi connectivity index (χ0) is 23.3. The Morgan fingerprint density at radius 3 is 2.56 bits per heavy atom. The fraction of sp³-hybridized carbons (Fsp3) is 0.565. The van der Waals surface area contributed by atoms with Gasteiger partial charge in [0.2, 0.25) is 5.91 Å². The number of amides is 1. The van der Waals surface area contributed by atoms with Crippen LogP contribution in [0.15, 0.2) is 30.3 Å². The molecule has 0 aromatic heterocycles. The van der Waals surface area contributed by atoms with Gasteiger partial charge in [0, 0.05) is 0 Å². The third-order valence-corrected chi connectivity index (χ3v) is 6.64. The van der Waals surface area contributed by atoms with Crippen LogP contribution in [0.4, 0.5) is 0 Å². The molecule has 2 fully saturated rings. The molecule has 1 aromatic rings. The monoisotopic (exact) mass is 445 g/mol. The quantitative estimate of drug-likeness (QED) is 0.274. The van der Waals surface area contributed by atoms with Gasteiger partial charge in [-0.25, -0.2) is 9.59 Å². The number of Topliss-reactive ketones (excluding diaryl/α,β-unsaturated/α-hetero) is 1. The van der Waals surface area contributed by atoms with Gasteiger partial charge in [-0.3, -0.25) is 9.59 Å². The van der Waals surface area contributed by atoms with Crippen LogP contribution in [0, 0.1) is 5.92 Å². The number of carboxylic acids is 1. The fourth-order valence-electron chi connectivity index (χ4n) is 5.09. The zero-order valence-corrected chi connectivity index (χ0v) is 18.1. The van der Waals surface area contributed by atoms with Crippen LogP contribution >= 0.6 is 0 Å². The molecule has 32 heavy (non-hydrogen) atoms. The lowest BCUT2D eigenvalue weighted by molar-refractivity contribution is -0.165. The van der Waals surface area contributed by atoms with Crippen molar-refractivity contribution in [3.05, 3.63) is 35.9 Å². The number of carboxylic acid groups (broad SMARTS) is 1. The van der Waals surface area contributed by atoms with E-state index in [0.717, 1.165) is 10.5 Å². The molecular weight excluding hydrogens is 414 g/mol. The van der Waals surface area contributed by atoms with Crippen LogP contribution in [0.25, 0.3) is 0 Å². The predicted octanol–water partition coefficient (Wildman–Crippen LogP) is 0.980. The second kappa shape index (κ2) is 10.2. The number of nitrogens with two attached hydrogens (primary N) is 2. The number of benzene rings is 1. The molecule has 174 valence electrons. The molecule has 1 aliphatic heterocycles. The van der Waals surface area contributed by atoms with Crippen molar-refractivity contribution in [3.63, 3.8) is 0 Å². The number of nitrogens with zero attached hydrogens (tertiary/aromatic N) is 1. The summed E-state index contributed by atoms with van der Waals surface area (Å²) in [5.74, 6) is -4.14. The van der Waals surface area contributed by atoms with Crippen molar-refractivity contribution >= 4 is 23.6 Å². The number of unbranched alkanes of at least 4 members (excludes halogenated alkanes) is 1. The Labute approximate surface area is 187 Å². The Kier molecular flexibility index (Phi) is 7.63. The number of rotatable bonds is 10. The summed E-state index contributed by atoms with van der Waals surface area (Å²) in [7, 11) is 0. The van der Waals surface area contributed by atoms with Crippen LogP contribution in [-0.2, 0) is 30.5 Å². The molecule has 1 saturated heterocycles. The molecule has 5 N–H and O–H groups in total. The van der Waals surface area contributed by atoms with E-state index in [2.05, 4.69) is 0 Å². The summed E-state index contributed by atoms with van der Waals surface area (Å²) >= 11 is 0.